The van der Waals surface area contributed by atoms with Crippen LogP contribution in [0, 0.1) is 10.8 Å². The number of rotatable bonds is 14. The van der Waals surface area contributed by atoms with Crippen LogP contribution in [0.1, 0.15) is 85.5 Å². The molecule has 0 saturated heterocycles. The average molecular weight is 344 g/mol. The third-order valence-corrected chi connectivity index (χ3v) is 4.90. The summed E-state index contributed by atoms with van der Waals surface area (Å²) in [6, 6.07) is 0. The van der Waals surface area contributed by atoms with E-state index >= 15 is 0 Å². The fourth-order valence-electron chi connectivity index (χ4n) is 2.65. The Morgan fingerprint density at radius 1 is 0.792 bits per heavy atom. The van der Waals surface area contributed by atoms with Crippen molar-refractivity contribution in [1.29, 1.82) is 0 Å². The van der Waals surface area contributed by atoms with Crippen molar-refractivity contribution in [3.63, 3.8) is 0 Å². The highest BCUT2D eigenvalue weighted by Crippen LogP contribution is 2.26. The molecule has 0 saturated carbocycles. The van der Waals surface area contributed by atoms with E-state index < -0.39 is 22.8 Å². The molecule has 0 heterocycles. The van der Waals surface area contributed by atoms with Gasteiger partial charge in [-0.25, -0.2) is 0 Å². The molecule has 0 aromatic carbocycles. The normalized spacial score (nSPS) is 13.7. The van der Waals surface area contributed by atoms with E-state index in [9.17, 15) is 9.59 Å². The highest BCUT2D eigenvalue weighted by Gasteiger charge is 2.27. The maximum atomic E-state index is 11.1. The van der Waals surface area contributed by atoms with Gasteiger partial charge in [-0.2, -0.15) is 0 Å². The zero-order chi connectivity index (χ0) is 18.8. The molecule has 0 aromatic heterocycles. The van der Waals surface area contributed by atoms with Gasteiger partial charge >= 0.3 is 11.9 Å². The third-order valence-electron chi connectivity index (χ3n) is 4.90. The molecule has 24 heavy (non-hydrogen) atoms. The zero-order valence-electron chi connectivity index (χ0n) is 16.1. The molecule has 5 nitrogen and oxygen atoms in total. The van der Waals surface area contributed by atoms with Crippen LogP contribution in [-0.2, 0) is 14.3 Å². The summed E-state index contributed by atoms with van der Waals surface area (Å²) in [5.41, 5.74) is -1.29. The van der Waals surface area contributed by atoms with Gasteiger partial charge in [-0.3, -0.25) is 9.59 Å². The lowest BCUT2D eigenvalue weighted by Gasteiger charge is -2.20. The first-order chi connectivity index (χ1) is 11.0. The van der Waals surface area contributed by atoms with Crippen LogP contribution in [-0.4, -0.2) is 35.4 Å². The number of aliphatic carboxylic acids is 2. The van der Waals surface area contributed by atoms with Crippen LogP contribution in [0.5, 0.6) is 0 Å². The van der Waals surface area contributed by atoms with Gasteiger partial charge in [-0.1, -0.05) is 32.1 Å². The number of hydrogen-bond acceptors (Lipinski definition) is 3. The lowest BCUT2D eigenvalue weighted by molar-refractivity contribution is -0.148. The summed E-state index contributed by atoms with van der Waals surface area (Å²) >= 11 is 0. The molecule has 2 N–H and O–H groups in total. The van der Waals surface area contributed by atoms with Crippen LogP contribution in [0.3, 0.4) is 0 Å². The van der Waals surface area contributed by atoms with Gasteiger partial charge in [-0.05, 0) is 53.4 Å². The Balaban J connectivity index is 3.85. The van der Waals surface area contributed by atoms with E-state index in [0.717, 1.165) is 44.9 Å². The monoisotopic (exact) mass is 344 g/mol. The fraction of sp³-hybridized carbons (Fsp3) is 0.895. The molecule has 0 aliphatic heterocycles. The molecule has 0 spiro atoms. The average Bonchev–Trinajstić information content (AvgIpc) is 2.48. The van der Waals surface area contributed by atoms with Gasteiger partial charge in [0.2, 0.25) is 0 Å². The van der Waals surface area contributed by atoms with Crippen LogP contribution in [0.2, 0.25) is 0 Å². The minimum atomic E-state index is -0.741. The van der Waals surface area contributed by atoms with Gasteiger partial charge < -0.3 is 14.9 Å². The zero-order valence-corrected chi connectivity index (χ0v) is 16.1. The number of carboxylic acid groups (broad SMARTS) is 2. The van der Waals surface area contributed by atoms with E-state index in [1.807, 2.05) is 0 Å². The molecule has 142 valence electrons. The number of hydrogen-bond donors (Lipinski definition) is 2. The molecule has 0 aliphatic carbocycles. The van der Waals surface area contributed by atoms with Crippen molar-refractivity contribution in [2.45, 2.75) is 91.6 Å². The molecule has 1 unspecified atom stereocenters. The Morgan fingerprint density at radius 2 is 1.17 bits per heavy atom. The summed E-state index contributed by atoms with van der Waals surface area (Å²) in [5, 5.41) is 18.2. The number of unbranched alkanes of at least 4 members (excludes halogenated alkanes) is 3. The van der Waals surface area contributed by atoms with E-state index in [4.69, 9.17) is 14.9 Å². The Hall–Kier alpha value is -1.10. The molecule has 1 atom stereocenters. The minimum absolute atomic E-state index is 0.213. The molecule has 0 fully saturated rings. The summed E-state index contributed by atoms with van der Waals surface area (Å²) in [4.78, 5) is 22.1. The lowest BCUT2D eigenvalue weighted by Crippen LogP contribution is -2.23. The molecule has 0 aromatic rings. The maximum absolute atomic E-state index is 11.1. The first kappa shape index (κ1) is 22.9. The summed E-state index contributed by atoms with van der Waals surface area (Å²) in [6.07, 6.45) is 8.37. The summed E-state index contributed by atoms with van der Waals surface area (Å²) in [7, 11) is 1.72. The number of ether oxygens (including phenoxy) is 1. The second kappa shape index (κ2) is 10.7. The van der Waals surface area contributed by atoms with E-state index in [0.29, 0.717) is 12.8 Å². The van der Waals surface area contributed by atoms with Gasteiger partial charge in [0.25, 0.3) is 0 Å². The number of carbonyl (C=O) groups is 2. The largest absolute Gasteiger partial charge is 0.481 e. The van der Waals surface area contributed by atoms with Crippen molar-refractivity contribution >= 4 is 11.9 Å². The summed E-state index contributed by atoms with van der Waals surface area (Å²) in [6.45, 7) is 7.07. The van der Waals surface area contributed by atoms with Crippen LogP contribution in [0.4, 0.5) is 0 Å². The van der Waals surface area contributed by atoms with Crippen LogP contribution in [0.25, 0.3) is 0 Å². The Bertz CT molecular complexity index is 387. The predicted molar refractivity (Wildman–Crippen MR) is 95.2 cm³/mol. The van der Waals surface area contributed by atoms with E-state index in [-0.39, 0.29) is 6.10 Å². The highest BCUT2D eigenvalue weighted by molar-refractivity contribution is 5.73. The highest BCUT2D eigenvalue weighted by atomic mass is 16.5. The smallest absolute Gasteiger partial charge is 0.309 e. The van der Waals surface area contributed by atoms with Crippen molar-refractivity contribution in [3.05, 3.63) is 0 Å². The van der Waals surface area contributed by atoms with Crippen molar-refractivity contribution in [3.8, 4) is 0 Å². The second-order valence-corrected chi connectivity index (χ2v) is 8.08. The molecule has 0 rings (SSSR count). The fourth-order valence-corrected chi connectivity index (χ4v) is 2.65. The molecule has 0 bridgehead atoms. The van der Waals surface area contributed by atoms with Crippen LogP contribution in [0.15, 0.2) is 0 Å². The standard InChI is InChI=1S/C19H36O5/c1-18(2,16(20)21)13-9-6-7-11-15(24-5)12-8-10-14-19(3,4)17(22)23/h15H,6-14H2,1-5H3,(H,20,21)(H,22,23). The van der Waals surface area contributed by atoms with Crippen molar-refractivity contribution in [1.82, 2.24) is 0 Å². The number of carboxylic acids is 2. The van der Waals surface area contributed by atoms with E-state index in [2.05, 4.69) is 0 Å². The second-order valence-electron chi connectivity index (χ2n) is 8.08. The van der Waals surface area contributed by atoms with Crippen molar-refractivity contribution in [2.75, 3.05) is 7.11 Å². The Morgan fingerprint density at radius 3 is 1.54 bits per heavy atom. The molecular formula is C19H36O5. The molecule has 5 heteroatoms. The third kappa shape index (κ3) is 9.26. The van der Waals surface area contributed by atoms with Crippen molar-refractivity contribution < 1.29 is 24.5 Å². The molecule has 0 aliphatic rings. The first-order valence-corrected chi connectivity index (χ1v) is 9.02. The van der Waals surface area contributed by atoms with Gasteiger partial charge in [0.15, 0.2) is 0 Å². The Kier molecular flexibility index (Phi) is 10.2. The van der Waals surface area contributed by atoms with Gasteiger partial charge in [0.05, 0.1) is 16.9 Å². The summed E-state index contributed by atoms with van der Waals surface area (Å²) < 4.78 is 5.51. The van der Waals surface area contributed by atoms with Crippen LogP contribution >= 0.6 is 0 Å². The van der Waals surface area contributed by atoms with E-state index in [1.165, 1.54) is 0 Å². The predicted octanol–water partition coefficient (Wildman–Crippen LogP) is 4.73. The summed E-state index contributed by atoms with van der Waals surface area (Å²) in [5.74, 6) is -1.48. The van der Waals surface area contributed by atoms with Crippen LogP contribution < -0.4 is 0 Å². The first-order valence-electron chi connectivity index (χ1n) is 9.02. The quantitative estimate of drug-likeness (QED) is 0.445. The minimum Gasteiger partial charge on any atom is -0.481 e. The Labute approximate surface area is 146 Å². The van der Waals surface area contributed by atoms with Gasteiger partial charge in [0, 0.05) is 7.11 Å². The van der Waals surface area contributed by atoms with Crippen molar-refractivity contribution in [2.24, 2.45) is 10.8 Å². The van der Waals surface area contributed by atoms with Gasteiger partial charge in [0.1, 0.15) is 0 Å². The lowest BCUT2D eigenvalue weighted by atomic mass is 9.86. The number of methoxy groups -OCH3 is 1. The SMILES string of the molecule is COC(CCCCCC(C)(C)C(=O)O)CCCCC(C)(C)C(=O)O. The topological polar surface area (TPSA) is 83.8 Å². The molecular weight excluding hydrogens is 308 g/mol. The molecule has 0 radical (unpaired) electrons. The maximum Gasteiger partial charge on any atom is 0.309 e. The molecule has 0 amide bonds. The van der Waals surface area contributed by atoms with Gasteiger partial charge in [-0.15, -0.1) is 0 Å². The van der Waals surface area contributed by atoms with E-state index in [1.54, 1.807) is 34.8 Å².